The molecule has 2 aromatic carbocycles. The van der Waals surface area contributed by atoms with E-state index in [1.807, 2.05) is 0 Å². The first-order valence-corrected chi connectivity index (χ1v) is 10.1. The molecule has 0 unspecified atom stereocenters. The van der Waals surface area contributed by atoms with Gasteiger partial charge in [-0.1, -0.05) is 21.1 Å². The van der Waals surface area contributed by atoms with Crippen LogP contribution in [-0.2, 0) is 7.05 Å². The molecule has 4 rings (SSSR count). The molecule has 0 spiro atoms. The number of benzene rings is 2. The van der Waals surface area contributed by atoms with Crippen LogP contribution in [0, 0.1) is 0 Å². The molecular weight excluding hydrogens is 507 g/mol. The van der Waals surface area contributed by atoms with E-state index < -0.39 is 12.1 Å². The van der Waals surface area contributed by atoms with Gasteiger partial charge in [-0.2, -0.15) is 0 Å². The number of imidazole rings is 1. The summed E-state index contributed by atoms with van der Waals surface area (Å²) in [6.07, 6.45) is -2.16. The van der Waals surface area contributed by atoms with E-state index in [1.165, 1.54) is 24.5 Å². The number of fused-ring (bicyclic) bond motifs is 1. The lowest BCUT2D eigenvalue weighted by Crippen LogP contribution is -2.18. The molecule has 0 atom stereocenters. The second-order valence-electron chi connectivity index (χ2n) is 6.72. The summed E-state index contributed by atoms with van der Waals surface area (Å²) < 4.78 is 50.5. The molecule has 2 N–H and O–H groups in total. The average molecular weight is 522 g/mol. The molecule has 0 saturated carbocycles. The van der Waals surface area contributed by atoms with E-state index in [-0.39, 0.29) is 5.69 Å². The SMILES string of the molecule is Cn1c(Nc2ccc(Br)cc2OC(F)(F)F)nc2cc(Oc3ccnc(/C=N/O)c3)ccc21. The van der Waals surface area contributed by atoms with Crippen molar-refractivity contribution in [3.63, 3.8) is 0 Å². The molecule has 2 heterocycles. The number of alkyl halides is 3. The molecule has 0 aliphatic heterocycles. The van der Waals surface area contributed by atoms with Crippen molar-refractivity contribution in [2.45, 2.75) is 6.36 Å². The highest BCUT2D eigenvalue weighted by molar-refractivity contribution is 9.10. The smallest absolute Gasteiger partial charge is 0.457 e. The van der Waals surface area contributed by atoms with Crippen molar-refractivity contribution in [2.75, 3.05) is 5.32 Å². The number of aromatic nitrogens is 3. The maximum Gasteiger partial charge on any atom is 0.573 e. The zero-order valence-corrected chi connectivity index (χ0v) is 18.4. The molecular formula is C21H15BrF3N5O3. The van der Waals surface area contributed by atoms with Crippen molar-refractivity contribution in [3.05, 3.63) is 64.9 Å². The summed E-state index contributed by atoms with van der Waals surface area (Å²) in [5.41, 5.74) is 1.79. The largest absolute Gasteiger partial charge is 0.573 e. The summed E-state index contributed by atoms with van der Waals surface area (Å²) in [6, 6.07) is 12.7. The molecule has 0 amide bonds. The van der Waals surface area contributed by atoms with Gasteiger partial charge in [0.1, 0.15) is 11.5 Å². The van der Waals surface area contributed by atoms with Gasteiger partial charge >= 0.3 is 6.36 Å². The molecule has 8 nitrogen and oxygen atoms in total. The Kier molecular flexibility index (Phi) is 6.09. The van der Waals surface area contributed by atoms with Crippen LogP contribution in [0.25, 0.3) is 11.0 Å². The summed E-state index contributed by atoms with van der Waals surface area (Å²) in [5, 5.41) is 14.5. The maximum atomic E-state index is 12.8. The highest BCUT2D eigenvalue weighted by Crippen LogP contribution is 2.35. The molecule has 0 bridgehead atoms. The Morgan fingerprint density at radius 2 is 1.91 bits per heavy atom. The number of nitrogens with one attached hydrogen (secondary N) is 1. The molecule has 170 valence electrons. The molecule has 0 saturated heterocycles. The number of hydrogen-bond acceptors (Lipinski definition) is 7. The number of anilines is 2. The van der Waals surface area contributed by atoms with Crippen LogP contribution in [0.4, 0.5) is 24.8 Å². The molecule has 0 aliphatic carbocycles. The predicted octanol–water partition coefficient (Wildman–Crippen LogP) is 5.97. The average Bonchev–Trinajstić information content (AvgIpc) is 3.04. The topological polar surface area (TPSA) is 93.8 Å². The summed E-state index contributed by atoms with van der Waals surface area (Å²) in [4.78, 5) is 8.49. The molecule has 0 radical (unpaired) electrons. The molecule has 33 heavy (non-hydrogen) atoms. The van der Waals surface area contributed by atoms with Gasteiger partial charge in [-0.25, -0.2) is 4.98 Å². The van der Waals surface area contributed by atoms with Crippen LogP contribution in [0.2, 0.25) is 0 Å². The van der Waals surface area contributed by atoms with E-state index in [0.717, 1.165) is 5.52 Å². The van der Waals surface area contributed by atoms with Crippen molar-refractivity contribution >= 4 is 44.8 Å². The standard InChI is InChI=1S/C21H15BrF3N5O3/c1-30-18-5-3-14(32-15-6-7-26-13(9-15)11-27-31)10-17(18)29-20(30)28-16-4-2-12(22)8-19(16)33-21(23,24)25/h2-11,31H,1H3,(H,28,29)/b27-11+. The van der Waals surface area contributed by atoms with E-state index in [2.05, 4.69) is 41.1 Å². The number of rotatable bonds is 6. The van der Waals surface area contributed by atoms with Crippen LogP contribution >= 0.6 is 15.9 Å². The molecule has 2 aromatic heterocycles. The minimum absolute atomic E-state index is 0.0975. The van der Waals surface area contributed by atoms with Gasteiger partial charge < -0.3 is 24.6 Å². The maximum absolute atomic E-state index is 12.8. The second-order valence-corrected chi connectivity index (χ2v) is 7.64. The number of oxime groups is 1. The third-order valence-corrected chi connectivity index (χ3v) is 4.94. The third kappa shape index (κ3) is 5.34. The fourth-order valence-corrected chi connectivity index (χ4v) is 3.38. The van der Waals surface area contributed by atoms with Crippen molar-refractivity contribution in [2.24, 2.45) is 12.2 Å². The minimum Gasteiger partial charge on any atom is -0.457 e. The Morgan fingerprint density at radius 3 is 2.67 bits per heavy atom. The van der Waals surface area contributed by atoms with Crippen LogP contribution < -0.4 is 14.8 Å². The zero-order valence-electron chi connectivity index (χ0n) is 16.8. The summed E-state index contributed by atoms with van der Waals surface area (Å²) in [5.74, 6) is 0.863. The third-order valence-electron chi connectivity index (χ3n) is 4.45. The van der Waals surface area contributed by atoms with E-state index in [9.17, 15) is 13.2 Å². The van der Waals surface area contributed by atoms with Crippen LogP contribution in [-0.4, -0.2) is 32.3 Å². The first-order valence-electron chi connectivity index (χ1n) is 9.32. The van der Waals surface area contributed by atoms with Gasteiger partial charge in [0.2, 0.25) is 5.95 Å². The predicted molar refractivity (Wildman–Crippen MR) is 119 cm³/mol. The van der Waals surface area contributed by atoms with Crippen LogP contribution in [0.5, 0.6) is 17.2 Å². The fraction of sp³-hybridized carbons (Fsp3) is 0.0952. The van der Waals surface area contributed by atoms with E-state index in [0.29, 0.717) is 33.1 Å². The Balaban J connectivity index is 1.62. The molecule has 12 heteroatoms. The first kappa shape index (κ1) is 22.4. The summed E-state index contributed by atoms with van der Waals surface area (Å²) in [6.45, 7) is 0. The van der Waals surface area contributed by atoms with Crippen molar-refractivity contribution in [1.29, 1.82) is 0 Å². The highest BCUT2D eigenvalue weighted by atomic mass is 79.9. The van der Waals surface area contributed by atoms with Crippen LogP contribution in [0.1, 0.15) is 5.69 Å². The van der Waals surface area contributed by atoms with Gasteiger partial charge in [-0.05, 0) is 36.4 Å². The second kappa shape index (κ2) is 8.98. The van der Waals surface area contributed by atoms with E-state index in [4.69, 9.17) is 9.94 Å². The fourth-order valence-electron chi connectivity index (χ4n) is 3.04. The number of pyridine rings is 1. The molecule has 0 aliphatic rings. The van der Waals surface area contributed by atoms with Gasteiger partial charge in [0.25, 0.3) is 0 Å². The lowest BCUT2D eigenvalue weighted by Gasteiger charge is -2.14. The van der Waals surface area contributed by atoms with Crippen molar-refractivity contribution in [1.82, 2.24) is 14.5 Å². The Labute approximate surface area is 193 Å². The van der Waals surface area contributed by atoms with E-state index >= 15 is 0 Å². The monoisotopic (exact) mass is 521 g/mol. The van der Waals surface area contributed by atoms with Gasteiger partial charge in [-0.15, -0.1) is 13.2 Å². The Hall–Kier alpha value is -3.80. The zero-order chi connectivity index (χ0) is 23.6. The lowest BCUT2D eigenvalue weighted by molar-refractivity contribution is -0.274. The van der Waals surface area contributed by atoms with Gasteiger partial charge in [0.05, 0.1) is 28.6 Å². The van der Waals surface area contributed by atoms with Gasteiger partial charge in [0, 0.05) is 29.8 Å². The van der Waals surface area contributed by atoms with Crippen molar-refractivity contribution < 1.29 is 27.9 Å². The lowest BCUT2D eigenvalue weighted by atomic mass is 10.3. The van der Waals surface area contributed by atoms with Crippen LogP contribution in [0.3, 0.4) is 0 Å². The van der Waals surface area contributed by atoms with Crippen molar-refractivity contribution in [3.8, 4) is 17.2 Å². The Bertz CT molecular complexity index is 1340. The molecule has 4 aromatic rings. The van der Waals surface area contributed by atoms with Crippen LogP contribution in [0.15, 0.2) is 64.4 Å². The minimum atomic E-state index is -4.84. The molecule has 0 fully saturated rings. The summed E-state index contributed by atoms with van der Waals surface area (Å²) in [7, 11) is 1.73. The number of hydrogen-bond donors (Lipinski definition) is 2. The first-order chi connectivity index (χ1) is 15.7. The quantitative estimate of drug-likeness (QED) is 0.184. The normalized spacial score (nSPS) is 11.8. The number of ether oxygens (including phenoxy) is 2. The van der Waals surface area contributed by atoms with E-state index in [1.54, 1.807) is 48.0 Å². The van der Waals surface area contributed by atoms with Gasteiger partial charge in [0.15, 0.2) is 5.75 Å². The number of halogens is 4. The number of aryl methyl sites for hydroxylation is 1. The highest BCUT2D eigenvalue weighted by Gasteiger charge is 2.32. The number of nitrogens with zero attached hydrogens (tertiary/aromatic N) is 4. The Morgan fingerprint density at radius 1 is 1.12 bits per heavy atom. The van der Waals surface area contributed by atoms with Gasteiger partial charge in [-0.3, -0.25) is 4.98 Å². The summed E-state index contributed by atoms with van der Waals surface area (Å²) >= 11 is 3.15.